The summed E-state index contributed by atoms with van der Waals surface area (Å²) in [5, 5.41) is 0.520. The van der Waals surface area contributed by atoms with Gasteiger partial charge in [0.2, 0.25) is 0 Å². The third kappa shape index (κ3) is 1.64. The number of carbonyl (C=O) groups excluding carboxylic acids is 1. The first-order valence-corrected chi connectivity index (χ1v) is 4.80. The number of Topliss-reactive ketones (excluding diaryl/α,β-unsaturated/α-hetero) is 1. The van der Waals surface area contributed by atoms with Crippen LogP contribution in [0.3, 0.4) is 0 Å². The maximum atomic E-state index is 11.9. The van der Waals surface area contributed by atoms with Crippen LogP contribution in [-0.2, 0) is 0 Å². The molecule has 1 aliphatic carbocycles. The van der Waals surface area contributed by atoms with Gasteiger partial charge < -0.3 is 0 Å². The Morgan fingerprint density at radius 3 is 2.43 bits per heavy atom. The molecule has 0 heterocycles. The molecule has 2 rings (SSSR count). The minimum absolute atomic E-state index is 0.0561. The Kier molecular flexibility index (Phi) is 2.51. The molecular weight excluding hydrogens is 196 g/mol. The van der Waals surface area contributed by atoms with Crippen molar-refractivity contribution in [1.82, 2.24) is 0 Å². The van der Waals surface area contributed by atoms with Crippen molar-refractivity contribution in [3.05, 3.63) is 59.2 Å². The maximum absolute atomic E-state index is 11.9. The highest BCUT2D eigenvalue weighted by atomic mass is 35.5. The third-order valence-corrected chi connectivity index (χ3v) is 2.52. The number of halogens is 1. The second-order valence-corrected chi connectivity index (χ2v) is 3.55. The van der Waals surface area contributed by atoms with Gasteiger partial charge in [-0.2, -0.15) is 0 Å². The quantitative estimate of drug-likeness (QED) is 0.676. The molecule has 0 saturated heterocycles. The van der Waals surface area contributed by atoms with Crippen molar-refractivity contribution in [3.8, 4) is 0 Å². The lowest BCUT2D eigenvalue weighted by Crippen LogP contribution is -2.09. The molecule has 0 fully saturated rings. The molecule has 0 radical (unpaired) electrons. The van der Waals surface area contributed by atoms with Crippen molar-refractivity contribution in [2.45, 2.75) is 0 Å². The van der Waals surface area contributed by atoms with E-state index >= 15 is 0 Å². The number of hydrogen-bond acceptors (Lipinski definition) is 1. The van der Waals surface area contributed by atoms with E-state index in [0.717, 1.165) is 0 Å². The van der Waals surface area contributed by atoms with Crippen LogP contribution in [0.25, 0.3) is 0 Å². The highest BCUT2D eigenvalue weighted by Crippen LogP contribution is 2.21. The lowest BCUT2D eigenvalue weighted by atomic mass is 9.99. The number of ketones is 1. The lowest BCUT2D eigenvalue weighted by molar-refractivity contribution is 0.0966. The molecule has 14 heavy (non-hydrogen) atoms. The van der Waals surface area contributed by atoms with E-state index in [4.69, 9.17) is 11.6 Å². The van der Waals surface area contributed by atoms with Gasteiger partial charge in [-0.05, 0) is 12.1 Å². The minimum Gasteiger partial charge on any atom is -0.293 e. The maximum Gasteiger partial charge on any atom is 0.174 e. The van der Waals surface area contributed by atoms with Gasteiger partial charge in [0, 0.05) is 5.56 Å². The van der Waals surface area contributed by atoms with Crippen molar-refractivity contribution in [3.63, 3.8) is 0 Å². The van der Waals surface area contributed by atoms with E-state index in [1.54, 1.807) is 12.1 Å². The van der Waals surface area contributed by atoms with Crippen molar-refractivity contribution in [2.24, 2.45) is 5.92 Å². The summed E-state index contributed by atoms with van der Waals surface area (Å²) in [5.41, 5.74) is 0.593. The fourth-order valence-corrected chi connectivity index (χ4v) is 1.68. The van der Waals surface area contributed by atoms with E-state index in [1.165, 1.54) is 0 Å². The SMILES string of the molecule is O=C(c1ccccc1Cl)C1C=CC=C1. The zero-order valence-corrected chi connectivity index (χ0v) is 8.24. The van der Waals surface area contributed by atoms with E-state index in [0.29, 0.717) is 10.6 Å². The third-order valence-electron chi connectivity index (χ3n) is 2.19. The first-order valence-electron chi connectivity index (χ1n) is 4.43. The summed E-state index contributed by atoms with van der Waals surface area (Å²) in [4.78, 5) is 11.9. The lowest BCUT2D eigenvalue weighted by Gasteiger charge is -2.05. The van der Waals surface area contributed by atoms with Gasteiger partial charge in [-0.3, -0.25) is 4.79 Å². The molecule has 2 heteroatoms. The fraction of sp³-hybridized carbons (Fsp3) is 0.0833. The molecule has 1 nitrogen and oxygen atoms in total. The van der Waals surface area contributed by atoms with Gasteiger partial charge in [-0.1, -0.05) is 48.0 Å². The van der Waals surface area contributed by atoms with Gasteiger partial charge in [0.25, 0.3) is 0 Å². The predicted octanol–water partition coefficient (Wildman–Crippen LogP) is 3.26. The van der Waals surface area contributed by atoms with E-state index < -0.39 is 0 Å². The van der Waals surface area contributed by atoms with Crippen molar-refractivity contribution in [1.29, 1.82) is 0 Å². The Labute approximate surface area is 87.7 Å². The molecule has 0 atom stereocenters. The Bertz CT molecular complexity index is 406. The van der Waals surface area contributed by atoms with Crippen LogP contribution >= 0.6 is 11.6 Å². The smallest absolute Gasteiger partial charge is 0.174 e. The Morgan fingerprint density at radius 2 is 1.79 bits per heavy atom. The molecule has 1 aromatic carbocycles. The Morgan fingerprint density at radius 1 is 1.14 bits per heavy atom. The number of benzene rings is 1. The minimum atomic E-state index is -0.144. The van der Waals surface area contributed by atoms with Crippen molar-refractivity contribution < 1.29 is 4.79 Å². The molecule has 1 aliphatic rings. The van der Waals surface area contributed by atoms with Crippen LogP contribution in [0.2, 0.25) is 5.02 Å². The molecule has 0 N–H and O–H groups in total. The van der Waals surface area contributed by atoms with Crippen LogP contribution in [-0.4, -0.2) is 5.78 Å². The molecule has 0 unspecified atom stereocenters. The van der Waals surface area contributed by atoms with Crippen LogP contribution in [0.15, 0.2) is 48.6 Å². The average Bonchev–Trinajstić information content (AvgIpc) is 2.70. The number of hydrogen-bond donors (Lipinski definition) is 0. The zero-order chi connectivity index (χ0) is 9.97. The van der Waals surface area contributed by atoms with Crippen LogP contribution in [0, 0.1) is 5.92 Å². The molecule has 1 aromatic rings. The normalized spacial score (nSPS) is 14.9. The predicted molar refractivity (Wildman–Crippen MR) is 57.6 cm³/mol. The highest BCUT2D eigenvalue weighted by molar-refractivity contribution is 6.34. The second kappa shape index (κ2) is 3.81. The topological polar surface area (TPSA) is 17.1 Å². The number of carbonyl (C=O) groups is 1. The number of rotatable bonds is 2. The van der Waals surface area contributed by atoms with E-state index in [2.05, 4.69) is 0 Å². The van der Waals surface area contributed by atoms with Gasteiger partial charge in [0.1, 0.15) is 0 Å². The summed E-state index contributed by atoms with van der Waals surface area (Å²) in [6.45, 7) is 0. The average molecular weight is 205 g/mol. The van der Waals surface area contributed by atoms with Gasteiger partial charge in [0.05, 0.1) is 10.9 Å². The summed E-state index contributed by atoms with van der Waals surface area (Å²) in [7, 11) is 0. The Hall–Kier alpha value is -1.34. The molecular formula is C12H9ClO. The summed E-state index contributed by atoms with van der Waals surface area (Å²) < 4.78 is 0. The van der Waals surface area contributed by atoms with Crippen molar-refractivity contribution in [2.75, 3.05) is 0 Å². The summed E-state index contributed by atoms with van der Waals surface area (Å²) in [6, 6.07) is 7.13. The van der Waals surface area contributed by atoms with Gasteiger partial charge >= 0.3 is 0 Å². The monoisotopic (exact) mass is 204 g/mol. The van der Waals surface area contributed by atoms with Crippen molar-refractivity contribution >= 4 is 17.4 Å². The molecule has 0 amide bonds. The Balaban J connectivity index is 2.31. The standard InChI is InChI=1S/C12H9ClO/c13-11-8-4-3-7-10(11)12(14)9-5-1-2-6-9/h1-9H. The molecule has 0 aromatic heterocycles. The molecule has 70 valence electrons. The first kappa shape index (κ1) is 9.22. The van der Waals surface area contributed by atoms with Gasteiger partial charge in [-0.25, -0.2) is 0 Å². The molecule has 0 aliphatic heterocycles. The van der Waals surface area contributed by atoms with E-state index in [-0.39, 0.29) is 11.7 Å². The fourth-order valence-electron chi connectivity index (χ4n) is 1.45. The molecule has 0 saturated carbocycles. The van der Waals surface area contributed by atoms with Gasteiger partial charge in [-0.15, -0.1) is 0 Å². The van der Waals surface area contributed by atoms with Crippen LogP contribution in [0.1, 0.15) is 10.4 Å². The van der Waals surface area contributed by atoms with Gasteiger partial charge in [0.15, 0.2) is 5.78 Å². The molecule has 0 bridgehead atoms. The van der Waals surface area contributed by atoms with Crippen LogP contribution < -0.4 is 0 Å². The summed E-state index contributed by atoms with van der Waals surface area (Å²) in [5.74, 6) is -0.0875. The highest BCUT2D eigenvalue weighted by Gasteiger charge is 2.18. The number of allylic oxidation sites excluding steroid dienone is 4. The largest absolute Gasteiger partial charge is 0.293 e. The van der Waals surface area contributed by atoms with E-state index in [1.807, 2.05) is 36.4 Å². The second-order valence-electron chi connectivity index (χ2n) is 3.14. The summed E-state index contributed by atoms with van der Waals surface area (Å²) in [6.07, 6.45) is 7.48. The first-order chi connectivity index (χ1) is 6.79. The van der Waals surface area contributed by atoms with E-state index in [9.17, 15) is 4.79 Å². The van der Waals surface area contributed by atoms with Crippen LogP contribution in [0.5, 0.6) is 0 Å². The van der Waals surface area contributed by atoms with Crippen LogP contribution in [0.4, 0.5) is 0 Å². The summed E-state index contributed by atoms with van der Waals surface area (Å²) >= 11 is 5.93. The zero-order valence-electron chi connectivity index (χ0n) is 7.48. The molecule has 0 spiro atoms.